The monoisotopic (exact) mass is 295 g/mol. The molecule has 4 nitrogen and oxygen atoms in total. The second-order valence-electron chi connectivity index (χ2n) is 3.54. The fraction of sp³-hybridized carbons (Fsp3) is 0.167. The quantitative estimate of drug-likeness (QED) is 0.943. The highest BCUT2D eigenvalue weighted by molar-refractivity contribution is 9.10. The summed E-state index contributed by atoms with van der Waals surface area (Å²) in [6.07, 6.45) is 0.839. The van der Waals surface area contributed by atoms with E-state index in [1.807, 2.05) is 25.1 Å². The number of carbonyl (C=O) groups is 1. The highest BCUT2D eigenvalue weighted by Crippen LogP contribution is 2.28. The van der Waals surface area contributed by atoms with Crippen LogP contribution in [0.3, 0.4) is 0 Å². The van der Waals surface area contributed by atoms with Crippen molar-refractivity contribution in [3.05, 3.63) is 40.0 Å². The number of carboxylic acid groups (broad SMARTS) is 1. The number of hydrogen-bond acceptors (Lipinski definition) is 3. The summed E-state index contributed by atoms with van der Waals surface area (Å²) < 4.78 is 5.97. The minimum absolute atomic E-state index is 0.0815. The molecule has 0 bridgehead atoms. The molecule has 0 radical (unpaired) electrons. The lowest BCUT2D eigenvalue weighted by Gasteiger charge is -2.04. The van der Waals surface area contributed by atoms with Crippen LogP contribution in [-0.4, -0.2) is 16.2 Å². The normalized spacial score (nSPS) is 10.5. The third kappa shape index (κ3) is 2.39. The number of benzene rings is 1. The van der Waals surface area contributed by atoms with E-state index in [2.05, 4.69) is 21.1 Å². The fourth-order valence-corrected chi connectivity index (χ4v) is 1.95. The zero-order valence-corrected chi connectivity index (χ0v) is 10.7. The molecule has 1 aromatic carbocycles. The van der Waals surface area contributed by atoms with Gasteiger partial charge in [-0.25, -0.2) is 4.79 Å². The van der Waals surface area contributed by atoms with E-state index in [1.54, 1.807) is 0 Å². The molecule has 5 heteroatoms. The maximum Gasteiger partial charge on any atom is 0.358 e. The molecule has 1 heterocycles. The Morgan fingerprint density at radius 3 is 2.82 bits per heavy atom. The summed E-state index contributed by atoms with van der Waals surface area (Å²) in [5, 5.41) is 12.3. The van der Waals surface area contributed by atoms with Crippen molar-refractivity contribution in [2.24, 2.45) is 0 Å². The number of carboxylic acids is 1. The van der Waals surface area contributed by atoms with Gasteiger partial charge in [0.1, 0.15) is 0 Å². The lowest BCUT2D eigenvalue weighted by molar-refractivity contribution is 0.0686. The van der Waals surface area contributed by atoms with E-state index in [4.69, 9.17) is 9.63 Å². The van der Waals surface area contributed by atoms with Gasteiger partial charge >= 0.3 is 5.97 Å². The van der Waals surface area contributed by atoms with Crippen molar-refractivity contribution in [2.45, 2.75) is 13.3 Å². The summed E-state index contributed by atoms with van der Waals surface area (Å²) in [6, 6.07) is 7.24. The molecule has 1 N–H and O–H groups in total. The van der Waals surface area contributed by atoms with Crippen molar-refractivity contribution >= 4 is 21.9 Å². The minimum Gasteiger partial charge on any atom is -0.476 e. The molecular weight excluding hydrogens is 286 g/mol. The standard InChI is InChI=1S/C12H10BrNO3/c1-2-7-3-4-8(13)5-9(7)11-6-10(12(15)16)14-17-11/h3-6H,2H2,1H3,(H,15,16). The summed E-state index contributed by atoms with van der Waals surface area (Å²) in [4.78, 5) is 10.7. The number of aryl methyl sites for hydroxylation is 1. The van der Waals surface area contributed by atoms with Crippen LogP contribution in [0.25, 0.3) is 11.3 Å². The highest BCUT2D eigenvalue weighted by Gasteiger charge is 2.14. The van der Waals surface area contributed by atoms with Gasteiger partial charge in [0, 0.05) is 16.1 Å². The number of aromatic nitrogens is 1. The van der Waals surface area contributed by atoms with Gasteiger partial charge in [-0.3, -0.25) is 0 Å². The first-order valence-corrected chi connectivity index (χ1v) is 5.90. The van der Waals surface area contributed by atoms with Crippen LogP contribution in [0.1, 0.15) is 23.0 Å². The Morgan fingerprint density at radius 1 is 1.47 bits per heavy atom. The molecule has 2 aromatic rings. The Bertz CT molecular complexity index is 563. The molecular formula is C12H10BrNO3. The van der Waals surface area contributed by atoms with E-state index in [0.29, 0.717) is 5.76 Å². The van der Waals surface area contributed by atoms with Crippen LogP contribution in [0.5, 0.6) is 0 Å². The first kappa shape index (κ1) is 11.9. The van der Waals surface area contributed by atoms with Crippen LogP contribution in [0.4, 0.5) is 0 Å². The zero-order valence-electron chi connectivity index (χ0n) is 9.11. The molecule has 0 aliphatic carbocycles. The van der Waals surface area contributed by atoms with Crippen LogP contribution >= 0.6 is 15.9 Å². The van der Waals surface area contributed by atoms with Crippen LogP contribution < -0.4 is 0 Å². The summed E-state index contributed by atoms with van der Waals surface area (Å²) >= 11 is 3.38. The van der Waals surface area contributed by atoms with Gasteiger partial charge in [-0.2, -0.15) is 0 Å². The van der Waals surface area contributed by atoms with Gasteiger partial charge in [-0.1, -0.05) is 34.1 Å². The Labute approximate surface area is 106 Å². The molecule has 0 fully saturated rings. The molecule has 0 saturated heterocycles. The second kappa shape index (κ2) is 4.71. The molecule has 0 spiro atoms. The fourth-order valence-electron chi connectivity index (χ4n) is 1.59. The van der Waals surface area contributed by atoms with Crippen molar-refractivity contribution in [3.63, 3.8) is 0 Å². The van der Waals surface area contributed by atoms with Crippen LogP contribution in [-0.2, 0) is 6.42 Å². The summed E-state index contributed by atoms with van der Waals surface area (Å²) in [7, 11) is 0. The third-order valence-electron chi connectivity index (χ3n) is 2.45. The first-order chi connectivity index (χ1) is 8.11. The lowest BCUT2D eigenvalue weighted by Crippen LogP contribution is -1.94. The predicted octanol–water partition coefficient (Wildman–Crippen LogP) is 3.36. The molecule has 0 atom stereocenters. The van der Waals surface area contributed by atoms with Gasteiger partial charge < -0.3 is 9.63 Å². The van der Waals surface area contributed by atoms with Crippen LogP contribution in [0.15, 0.2) is 33.3 Å². The maximum atomic E-state index is 10.7. The number of rotatable bonds is 3. The average molecular weight is 296 g/mol. The Morgan fingerprint density at radius 2 is 2.24 bits per heavy atom. The molecule has 0 aliphatic rings. The van der Waals surface area contributed by atoms with E-state index < -0.39 is 5.97 Å². The van der Waals surface area contributed by atoms with Gasteiger partial charge in [-0.15, -0.1) is 0 Å². The number of nitrogens with zero attached hydrogens (tertiary/aromatic N) is 1. The number of aromatic carboxylic acids is 1. The van der Waals surface area contributed by atoms with Crippen molar-refractivity contribution in [1.29, 1.82) is 0 Å². The van der Waals surface area contributed by atoms with Gasteiger partial charge in [0.25, 0.3) is 0 Å². The largest absolute Gasteiger partial charge is 0.476 e. The first-order valence-electron chi connectivity index (χ1n) is 5.10. The molecule has 2 rings (SSSR count). The van der Waals surface area contributed by atoms with Crippen molar-refractivity contribution in [2.75, 3.05) is 0 Å². The molecule has 0 aliphatic heterocycles. The minimum atomic E-state index is -1.09. The molecule has 0 unspecified atom stereocenters. The lowest BCUT2D eigenvalue weighted by atomic mass is 10.0. The van der Waals surface area contributed by atoms with E-state index in [9.17, 15) is 4.79 Å². The maximum absolute atomic E-state index is 10.7. The van der Waals surface area contributed by atoms with Crippen molar-refractivity contribution in [1.82, 2.24) is 5.16 Å². The SMILES string of the molecule is CCc1ccc(Br)cc1-c1cc(C(=O)O)no1. The topological polar surface area (TPSA) is 63.3 Å². The summed E-state index contributed by atoms with van der Waals surface area (Å²) in [5.74, 6) is -0.617. The molecule has 88 valence electrons. The Kier molecular flexibility index (Phi) is 3.28. The predicted molar refractivity (Wildman–Crippen MR) is 66.0 cm³/mol. The van der Waals surface area contributed by atoms with Gasteiger partial charge in [0.2, 0.25) is 0 Å². The summed E-state index contributed by atoms with van der Waals surface area (Å²) in [5.41, 5.74) is 1.87. The second-order valence-corrected chi connectivity index (χ2v) is 4.45. The van der Waals surface area contributed by atoms with Crippen molar-refractivity contribution < 1.29 is 14.4 Å². The van der Waals surface area contributed by atoms with Crippen LogP contribution in [0.2, 0.25) is 0 Å². The summed E-state index contributed by atoms with van der Waals surface area (Å²) in [6.45, 7) is 2.03. The molecule has 0 saturated carbocycles. The van der Waals surface area contributed by atoms with E-state index >= 15 is 0 Å². The molecule has 0 amide bonds. The van der Waals surface area contributed by atoms with Crippen molar-refractivity contribution in [3.8, 4) is 11.3 Å². The zero-order chi connectivity index (χ0) is 12.4. The third-order valence-corrected chi connectivity index (χ3v) is 2.94. The smallest absolute Gasteiger partial charge is 0.358 e. The number of hydrogen-bond donors (Lipinski definition) is 1. The van der Waals surface area contributed by atoms with Crippen LogP contribution in [0, 0.1) is 0 Å². The average Bonchev–Trinajstić information content (AvgIpc) is 2.78. The molecule has 17 heavy (non-hydrogen) atoms. The van der Waals surface area contributed by atoms with E-state index in [0.717, 1.165) is 22.0 Å². The van der Waals surface area contributed by atoms with Gasteiger partial charge in [0.05, 0.1) is 0 Å². The number of halogens is 1. The Balaban J connectivity index is 2.51. The van der Waals surface area contributed by atoms with E-state index in [1.165, 1.54) is 6.07 Å². The van der Waals surface area contributed by atoms with E-state index in [-0.39, 0.29) is 5.69 Å². The highest BCUT2D eigenvalue weighted by atomic mass is 79.9. The van der Waals surface area contributed by atoms with Gasteiger partial charge in [0.15, 0.2) is 11.5 Å². The Hall–Kier alpha value is -1.62. The molecule has 1 aromatic heterocycles. The van der Waals surface area contributed by atoms with Gasteiger partial charge in [-0.05, 0) is 24.1 Å².